The summed E-state index contributed by atoms with van der Waals surface area (Å²) in [6.07, 6.45) is 4.33. The maximum absolute atomic E-state index is 12.3. The first-order valence-electron chi connectivity index (χ1n) is 17.4. The van der Waals surface area contributed by atoms with Gasteiger partial charge in [-0.2, -0.15) is 0 Å². The van der Waals surface area contributed by atoms with Gasteiger partial charge in [0.15, 0.2) is 0 Å². The Morgan fingerprint density at radius 1 is 0.653 bits per heavy atom. The first kappa shape index (κ1) is 38.2. The fourth-order valence-corrected chi connectivity index (χ4v) is 16.3. The summed E-state index contributed by atoms with van der Waals surface area (Å²) in [6.45, 7) is 13.5. The van der Waals surface area contributed by atoms with Crippen LogP contribution in [0.15, 0.2) is 133 Å². The monoisotopic (exact) mass is 694 g/mol. The SMILES string of the molecule is CC(C)(C)[Si](OC[C@@H](O)[C@H](C/C=C\CCCC(=O)O)O[Si](c1ccccc1)(c1ccccc1)C(C)(C)C)(c1ccccc1)c1ccccc1. The number of aliphatic hydroxyl groups is 1. The second-order valence-electron chi connectivity index (χ2n) is 14.9. The van der Waals surface area contributed by atoms with Gasteiger partial charge in [0.05, 0.1) is 12.7 Å². The van der Waals surface area contributed by atoms with Crippen LogP contribution >= 0.6 is 0 Å². The van der Waals surface area contributed by atoms with Crippen molar-refractivity contribution in [2.24, 2.45) is 0 Å². The van der Waals surface area contributed by atoms with Gasteiger partial charge in [-0.15, -0.1) is 0 Å². The topological polar surface area (TPSA) is 76.0 Å². The summed E-state index contributed by atoms with van der Waals surface area (Å²) in [7, 11) is -5.94. The van der Waals surface area contributed by atoms with Crippen LogP contribution in [0.25, 0.3) is 0 Å². The van der Waals surface area contributed by atoms with E-state index in [-0.39, 0.29) is 23.1 Å². The van der Waals surface area contributed by atoms with E-state index in [9.17, 15) is 9.90 Å². The van der Waals surface area contributed by atoms with E-state index in [1.807, 2.05) is 36.4 Å². The van der Waals surface area contributed by atoms with Crippen LogP contribution in [0.5, 0.6) is 0 Å². The quantitative estimate of drug-likeness (QED) is 0.0746. The van der Waals surface area contributed by atoms with Crippen LogP contribution in [0.2, 0.25) is 10.1 Å². The van der Waals surface area contributed by atoms with Crippen molar-refractivity contribution in [3.05, 3.63) is 133 Å². The minimum absolute atomic E-state index is 0.100. The highest BCUT2D eigenvalue weighted by atomic mass is 28.4. The molecule has 7 heteroatoms. The van der Waals surface area contributed by atoms with Crippen LogP contribution in [-0.4, -0.2) is 51.6 Å². The molecule has 0 aliphatic heterocycles. The van der Waals surface area contributed by atoms with Crippen LogP contribution in [0.3, 0.4) is 0 Å². The van der Waals surface area contributed by atoms with Crippen LogP contribution in [0.1, 0.15) is 67.2 Å². The predicted octanol–water partition coefficient (Wildman–Crippen LogP) is 7.07. The molecule has 0 aliphatic carbocycles. The largest absolute Gasteiger partial charge is 0.481 e. The molecule has 0 radical (unpaired) electrons. The number of carboxylic acid groups (broad SMARTS) is 1. The Labute approximate surface area is 295 Å². The third-order valence-corrected chi connectivity index (χ3v) is 19.4. The third-order valence-electron chi connectivity index (χ3n) is 9.36. The summed E-state index contributed by atoms with van der Waals surface area (Å²) in [6, 6.07) is 41.9. The summed E-state index contributed by atoms with van der Waals surface area (Å²) in [4.78, 5) is 11.1. The maximum Gasteiger partial charge on any atom is 0.303 e. The fourth-order valence-electron chi connectivity index (χ4n) is 7.00. The Morgan fingerprint density at radius 2 is 1.04 bits per heavy atom. The summed E-state index contributed by atoms with van der Waals surface area (Å²) >= 11 is 0. The third kappa shape index (κ3) is 8.96. The molecule has 0 fully saturated rings. The Hall–Kier alpha value is -3.60. The lowest BCUT2D eigenvalue weighted by Crippen LogP contribution is -2.69. The lowest BCUT2D eigenvalue weighted by atomic mass is 10.1. The minimum Gasteiger partial charge on any atom is -0.481 e. The van der Waals surface area contributed by atoms with Gasteiger partial charge in [-0.1, -0.05) is 175 Å². The van der Waals surface area contributed by atoms with Gasteiger partial charge in [0.1, 0.15) is 6.10 Å². The highest BCUT2D eigenvalue weighted by Crippen LogP contribution is 2.39. The second kappa shape index (κ2) is 16.9. The van der Waals surface area contributed by atoms with Crippen LogP contribution in [0.4, 0.5) is 0 Å². The molecule has 0 unspecified atom stereocenters. The van der Waals surface area contributed by atoms with E-state index in [0.29, 0.717) is 19.3 Å². The maximum atomic E-state index is 12.3. The van der Waals surface area contributed by atoms with Crippen molar-refractivity contribution in [2.45, 2.75) is 89.5 Å². The number of carbonyl (C=O) groups is 1. The normalized spacial score (nSPS) is 14.1. The van der Waals surface area contributed by atoms with Crippen LogP contribution in [-0.2, 0) is 13.6 Å². The Kier molecular flexibility index (Phi) is 13.2. The molecule has 0 aromatic heterocycles. The summed E-state index contributed by atoms with van der Waals surface area (Å²) in [5.74, 6) is -0.794. The van der Waals surface area contributed by atoms with Crippen molar-refractivity contribution in [2.75, 3.05) is 6.61 Å². The van der Waals surface area contributed by atoms with Crippen molar-refractivity contribution in [3.63, 3.8) is 0 Å². The van der Waals surface area contributed by atoms with Crippen molar-refractivity contribution in [1.82, 2.24) is 0 Å². The molecule has 4 aromatic rings. The zero-order valence-electron chi connectivity index (χ0n) is 30.0. The highest BCUT2D eigenvalue weighted by molar-refractivity contribution is 7.00. The van der Waals surface area contributed by atoms with E-state index in [0.717, 1.165) is 20.7 Å². The number of allylic oxidation sites excluding steroid dienone is 1. The number of aliphatic carboxylic acids is 1. The molecular formula is C42H54O5Si2. The van der Waals surface area contributed by atoms with E-state index in [4.69, 9.17) is 14.0 Å². The number of hydrogen-bond donors (Lipinski definition) is 2. The number of carboxylic acids is 1. The van der Waals surface area contributed by atoms with Crippen molar-refractivity contribution >= 4 is 43.4 Å². The van der Waals surface area contributed by atoms with E-state index in [2.05, 4.69) is 139 Å². The van der Waals surface area contributed by atoms with Gasteiger partial charge in [0, 0.05) is 6.42 Å². The number of rotatable bonds is 16. The zero-order chi connectivity index (χ0) is 35.5. The Balaban J connectivity index is 1.79. The second-order valence-corrected chi connectivity index (χ2v) is 23.4. The molecule has 0 saturated carbocycles. The summed E-state index contributed by atoms with van der Waals surface area (Å²) in [5.41, 5.74) is 0. The van der Waals surface area contributed by atoms with Gasteiger partial charge >= 0.3 is 5.97 Å². The molecule has 49 heavy (non-hydrogen) atoms. The van der Waals surface area contributed by atoms with Gasteiger partial charge in [0.25, 0.3) is 16.6 Å². The van der Waals surface area contributed by atoms with Gasteiger partial charge in [-0.3, -0.25) is 4.79 Å². The number of hydrogen-bond acceptors (Lipinski definition) is 4. The van der Waals surface area contributed by atoms with E-state index >= 15 is 0 Å². The number of benzene rings is 4. The van der Waals surface area contributed by atoms with Crippen molar-refractivity contribution in [1.29, 1.82) is 0 Å². The van der Waals surface area contributed by atoms with Gasteiger partial charge < -0.3 is 19.1 Å². The molecule has 4 aromatic carbocycles. The van der Waals surface area contributed by atoms with E-state index < -0.39 is 34.8 Å². The smallest absolute Gasteiger partial charge is 0.303 e. The standard InChI is InChI=1S/C42H54O5Si2/c1-41(2,3)48(34-23-13-9-14-24-34,35-25-15-10-16-26-35)46-33-38(43)39(31-21-7-8-22-32-40(44)45)47-49(42(4,5)6,36-27-17-11-18-28-36)37-29-19-12-20-30-37/h7,9-21,23-30,38-39,43H,8,22,31-33H2,1-6H3,(H,44,45)/b21-7-/t38-,39+/m1/s1. The number of unbranched alkanes of at least 4 members (excludes halogenated alkanes) is 1. The van der Waals surface area contributed by atoms with Crippen LogP contribution in [0, 0.1) is 0 Å². The zero-order valence-corrected chi connectivity index (χ0v) is 32.0. The number of aliphatic hydroxyl groups excluding tert-OH is 1. The molecule has 5 nitrogen and oxygen atoms in total. The van der Waals surface area contributed by atoms with Gasteiger partial charge in [0.2, 0.25) is 0 Å². The molecule has 0 spiro atoms. The van der Waals surface area contributed by atoms with Crippen LogP contribution < -0.4 is 20.7 Å². The highest BCUT2D eigenvalue weighted by Gasteiger charge is 2.53. The molecule has 2 N–H and O–H groups in total. The summed E-state index contributed by atoms with van der Waals surface area (Å²) < 4.78 is 14.7. The molecule has 2 atom stereocenters. The molecule has 0 heterocycles. The lowest BCUT2D eigenvalue weighted by Gasteiger charge is -2.47. The van der Waals surface area contributed by atoms with Gasteiger partial charge in [-0.05, 0) is 50.1 Å². The lowest BCUT2D eigenvalue weighted by molar-refractivity contribution is -0.137. The molecular weight excluding hydrogens is 641 g/mol. The van der Waals surface area contributed by atoms with Gasteiger partial charge in [-0.25, -0.2) is 0 Å². The average Bonchev–Trinajstić information content (AvgIpc) is 3.08. The molecule has 0 bridgehead atoms. The fraction of sp³-hybridized carbons (Fsp3) is 0.357. The Morgan fingerprint density at radius 3 is 1.41 bits per heavy atom. The van der Waals surface area contributed by atoms with E-state index in [1.165, 1.54) is 0 Å². The first-order chi connectivity index (χ1) is 23.3. The molecule has 0 saturated heterocycles. The van der Waals surface area contributed by atoms with Crippen molar-refractivity contribution in [3.8, 4) is 0 Å². The molecule has 260 valence electrons. The average molecular weight is 695 g/mol. The molecule has 0 aliphatic rings. The first-order valence-corrected chi connectivity index (χ1v) is 21.2. The molecule has 4 rings (SSSR count). The predicted molar refractivity (Wildman–Crippen MR) is 207 cm³/mol. The summed E-state index contributed by atoms with van der Waals surface area (Å²) in [5, 5.41) is 25.5. The minimum atomic E-state index is -3.02. The molecule has 0 amide bonds. The van der Waals surface area contributed by atoms with Crippen molar-refractivity contribution < 1.29 is 23.9 Å². The Bertz CT molecular complexity index is 1520. The van der Waals surface area contributed by atoms with E-state index in [1.54, 1.807) is 0 Å².